The molecule has 0 aliphatic rings. The average molecular weight is 202 g/mol. The van der Waals surface area contributed by atoms with E-state index >= 15 is 0 Å². The third-order valence-corrected chi connectivity index (χ3v) is 2.56. The van der Waals surface area contributed by atoms with E-state index in [0.717, 1.165) is 10.9 Å². The number of aryl methyl sites for hydroxylation is 2. The monoisotopic (exact) mass is 202 g/mol. The minimum absolute atomic E-state index is 0.0803. The predicted molar refractivity (Wildman–Crippen MR) is 61.2 cm³/mol. The van der Waals surface area contributed by atoms with E-state index in [9.17, 15) is 4.79 Å². The van der Waals surface area contributed by atoms with E-state index in [1.807, 2.05) is 13.0 Å². The molecule has 0 aliphatic heterocycles. The third kappa shape index (κ3) is 1.61. The van der Waals surface area contributed by atoms with E-state index < -0.39 is 0 Å². The molecule has 1 heterocycles. The number of hydrogen-bond donors (Lipinski definition) is 2. The van der Waals surface area contributed by atoms with Gasteiger partial charge in [-0.15, -0.1) is 0 Å². The molecule has 0 saturated heterocycles. The van der Waals surface area contributed by atoms with Crippen molar-refractivity contribution in [2.24, 2.45) is 0 Å². The van der Waals surface area contributed by atoms with Gasteiger partial charge in [0.2, 0.25) is 0 Å². The molecule has 0 unspecified atom stereocenters. The van der Waals surface area contributed by atoms with Crippen LogP contribution >= 0.6 is 0 Å². The lowest BCUT2D eigenvalue weighted by Gasteiger charge is -1.97. The number of hydrogen-bond acceptors (Lipinski definition) is 1. The number of H-pyrrole nitrogens is 1. The smallest absolute Gasteiger partial charge is 0.267 e. The van der Waals surface area contributed by atoms with Crippen LogP contribution in [0.1, 0.15) is 21.6 Å². The zero-order valence-electron chi connectivity index (χ0n) is 9.14. The van der Waals surface area contributed by atoms with Crippen LogP contribution in [-0.4, -0.2) is 17.9 Å². The van der Waals surface area contributed by atoms with Gasteiger partial charge in [-0.1, -0.05) is 6.07 Å². The normalized spacial score (nSPS) is 10.6. The fourth-order valence-electron chi connectivity index (χ4n) is 1.86. The first-order valence-electron chi connectivity index (χ1n) is 4.94. The Morgan fingerprint density at radius 1 is 1.27 bits per heavy atom. The van der Waals surface area contributed by atoms with Gasteiger partial charge >= 0.3 is 0 Å². The first-order chi connectivity index (χ1) is 7.11. The molecule has 0 saturated carbocycles. The van der Waals surface area contributed by atoms with E-state index in [-0.39, 0.29) is 5.91 Å². The molecular weight excluding hydrogens is 188 g/mol. The van der Waals surface area contributed by atoms with Gasteiger partial charge in [0, 0.05) is 18.0 Å². The molecule has 3 heteroatoms. The van der Waals surface area contributed by atoms with Crippen LogP contribution < -0.4 is 5.32 Å². The predicted octanol–water partition coefficient (Wildman–Crippen LogP) is 2.14. The highest BCUT2D eigenvalue weighted by atomic mass is 16.1. The summed E-state index contributed by atoms with van der Waals surface area (Å²) in [7, 11) is 1.63. The lowest BCUT2D eigenvalue weighted by Crippen LogP contribution is -2.17. The van der Waals surface area contributed by atoms with Crippen molar-refractivity contribution in [1.82, 2.24) is 10.3 Å². The van der Waals surface area contributed by atoms with Crippen LogP contribution in [0, 0.1) is 13.8 Å². The molecule has 1 aromatic carbocycles. The molecular formula is C12H14N2O. The third-order valence-electron chi connectivity index (χ3n) is 2.56. The SMILES string of the molecule is CNC(=O)c1cc2c(C)cc(C)cc2[nH]1. The fraction of sp³-hybridized carbons (Fsp3) is 0.250. The maximum atomic E-state index is 11.4. The lowest BCUT2D eigenvalue weighted by molar-refractivity contribution is 0.0959. The number of carbonyl (C=O) groups excluding carboxylic acids is 1. The van der Waals surface area contributed by atoms with Crippen molar-refractivity contribution in [1.29, 1.82) is 0 Å². The average Bonchev–Trinajstić information content (AvgIpc) is 2.60. The van der Waals surface area contributed by atoms with Crippen LogP contribution in [0.3, 0.4) is 0 Å². The summed E-state index contributed by atoms with van der Waals surface area (Å²) in [5.74, 6) is -0.0803. The van der Waals surface area contributed by atoms with Gasteiger partial charge in [0.15, 0.2) is 0 Å². The second-order valence-electron chi connectivity index (χ2n) is 3.81. The number of benzene rings is 1. The first-order valence-corrected chi connectivity index (χ1v) is 4.94. The molecule has 78 valence electrons. The van der Waals surface area contributed by atoms with Crippen molar-refractivity contribution in [3.05, 3.63) is 35.0 Å². The molecule has 3 nitrogen and oxygen atoms in total. The number of fused-ring (bicyclic) bond motifs is 1. The van der Waals surface area contributed by atoms with Gasteiger partial charge in [-0.05, 0) is 37.1 Å². The van der Waals surface area contributed by atoms with Gasteiger partial charge < -0.3 is 10.3 Å². The van der Waals surface area contributed by atoms with Crippen molar-refractivity contribution in [2.75, 3.05) is 7.05 Å². The topological polar surface area (TPSA) is 44.9 Å². The van der Waals surface area contributed by atoms with Crippen LogP contribution in [0.25, 0.3) is 10.9 Å². The number of rotatable bonds is 1. The Labute approximate surface area is 88.5 Å². The quantitative estimate of drug-likeness (QED) is 0.731. The van der Waals surface area contributed by atoms with E-state index in [1.165, 1.54) is 11.1 Å². The highest BCUT2D eigenvalue weighted by Gasteiger charge is 2.08. The van der Waals surface area contributed by atoms with E-state index in [0.29, 0.717) is 5.69 Å². The summed E-state index contributed by atoms with van der Waals surface area (Å²) in [6.45, 7) is 4.10. The Morgan fingerprint density at radius 2 is 2.00 bits per heavy atom. The Bertz CT molecular complexity index is 526. The minimum atomic E-state index is -0.0803. The molecule has 1 amide bonds. The Balaban J connectivity index is 2.65. The second-order valence-corrected chi connectivity index (χ2v) is 3.81. The Morgan fingerprint density at radius 3 is 2.67 bits per heavy atom. The Hall–Kier alpha value is -1.77. The molecule has 0 aliphatic carbocycles. The molecule has 15 heavy (non-hydrogen) atoms. The molecule has 0 fully saturated rings. The largest absolute Gasteiger partial charge is 0.354 e. The summed E-state index contributed by atoms with van der Waals surface area (Å²) >= 11 is 0. The van der Waals surface area contributed by atoms with Crippen molar-refractivity contribution >= 4 is 16.8 Å². The van der Waals surface area contributed by atoms with Crippen molar-refractivity contribution < 1.29 is 4.79 Å². The van der Waals surface area contributed by atoms with Crippen molar-refractivity contribution in [2.45, 2.75) is 13.8 Å². The highest BCUT2D eigenvalue weighted by Crippen LogP contribution is 2.21. The summed E-state index contributed by atoms with van der Waals surface area (Å²) in [5, 5.41) is 3.72. The van der Waals surface area contributed by atoms with Crippen LogP contribution in [0.2, 0.25) is 0 Å². The molecule has 2 rings (SSSR count). The van der Waals surface area contributed by atoms with E-state index in [2.05, 4.69) is 29.4 Å². The summed E-state index contributed by atoms with van der Waals surface area (Å²) in [4.78, 5) is 14.6. The molecule has 1 aromatic heterocycles. The molecule has 0 spiro atoms. The zero-order valence-corrected chi connectivity index (χ0v) is 9.14. The van der Waals surface area contributed by atoms with Crippen LogP contribution in [0.15, 0.2) is 18.2 Å². The second kappa shape index (κ2) is 3.42. The zero-order chi connectivity index (χ0) is 11.0. The van der Waals surface area contributed by atoms with E-state index in [4.69, 9.17) is 0 Å². The van der Waals surface area contributed by atoms with Crippen LogP contribution in [-0.2, 0) is 0 Å². The van der Waals surface area contributed by atoms with Crippen molar-refractivity contribution in [3.63, 3.8) is 0 Å². The maximum absolute atomic E-state index is 11.4. The minimum Gasteiger partial charge on any atom is -0.354 e. The highest BCUT2D eigenvalue weighted by molar-refractivity contribution is 5.98. The number of nitrogens with one attached hydrogen (secondary N) is 2. The maximum Gasteiger partial charge on any atom is 0.267 e. The first kappa shape index (κ1) is 9.77. The van der Waals surface area contributed by atoms with Gasteiger partial charge in [0.1, 0.15) is 5.69 Å². The lowest BCUT2D eigenvalue weighted by atomic mass is 10.1. The van der Waals surface area contributed by atoms with Gasteiger partial charge in [0.25, 0.3) is 5.91 Å². The Kier molecular flexibility index (Phi) is 2.23. The summed E-state index contributed by atoms with van der Waals surface area (Å²) < 4.78 is 0. The molecule has 0 bridgehead atoms. The van der Waals surface area contributed by atoms with Crippen LogP contribution in [0.5, 0.6) is 0 Å². The standard InChI is InChI=1S/C12H14N2O/c1-7-4-8(2)9-6-11(12(15)13-3)14-10(9)5-7/h4-6,14H,1-3H3,(H,13,15). The van der Waals surface area contributed by atoms with Crippen molar-refractivity contribution in [3.8, 4) is 0 Å². The van der Waals surface area contributed by atoms with Gasteiger partial charge in [-0.25, -0.2) is 0 Å². The summed E-state index contributed by atoms with van der Waals surface area (Å²) in [6.07, 6.45) is 0. The number of aromatic amines is 1. The fourth-order valence-corrected chi connectivity index (χ4v) is 1.86. The number of aromatic nitrogens is 1. The molecule has 2 aromatic rings. The number of amides is 1. The summed E-state index contributed by atoms with van der Waals surface area (Å²) in [6, 6.07) is 6.06. The molecule has 0 radical (unpaired) electrons. The van der Waals surface area contributed by atoms with Crippen LogP contribution in [0.4, 0.5) is 0 Å². The molecule has 2 N–H and O–H groups in total. The molecule has 0 atom stereocenters. The number of carbonyl (C=O) groups is 1. The van der Waals surface area contributed by atoms with Gasteiger partial charge in [-0.3, -0.25) is 4.79 Å². The van der Waals surface area contributed by atoms with E-state index in [1.54, 1.807) is 7.05 Å². The van der Waals surface area contributed by atoms with Gasteiger partial charge in [0.05, 0.1) is 0 Å². The van der Waals surface area contributed by atoms with Gasteiger partial charge in [-0.2, -0.15) is 0 Å². The summed E-state index contributed by atoms with van der Waals surface area (Å²) in [5.41, 5.74) is 4.02.